The third kappa shape index (κ3) is 7.52. The average molecular weight is 576 g/mol. The molecule has 42 heavy (non-hydrogen) atoms. The van der Waals surface area contributed by atoms with Crippen molar-refractivity contribution in [3.63, 3.8) is 0 Å². The van der Waals surface area contributed by atoms with Gasteiger partial charge in [-0.25, -0.2) is 14.8 Å². The number of nitrogen functional groups attached to an aromatic ring is 1. The fourth-order valence-electron chi connectivity index (χ4n) is 4.75. The molecule has 0 aliphatic heterocycles. The highest BCUT2D eigenvalue weighted by Crippen LogP contribution is 2.29. The van der Waals surface area contributed by atoms with Crippen LogP contribution in [0.4, 0.5) is 10.6 Å². The van der Waals surface area contributed by atoms with Crippen molar-refractivity contribution in [2.75, 3.05) is 26.2 Å². The van der Waals surface area contributed by atoms with E-state index in [4.69, 9.17) is 25.9 Å². The number of carbonyl (C=O) groups is 3. The number of carbonyl (C=O) groups excluding carboxylic acids is 3. The molecule has 4 aromatic rings. The van der Waals surface area contributed by atoms with Crippen LogP contribution in [-0.2, 0) is 38.6 Å². The molecule has 3 amide bonds. The van der Waals surface area contributed by atoms with Crippen LogP contribution in [0.2, 0.25) is 0 Å². The number of hydrogen-bond donors (Lipinski definition) is 4. The van der Waals surface area contributed by atoms with Gasteiger partial charge in [-0.2, -0.15) is 0 Å². The normalized spacial score (nSPS) is 11.9. The molecule has 0 spiro atoms. The first-order chi connectivity index (χ1) is 20.3. The first kappa shape index (κ1) is 30.3. The third-order valence-electron chi connectivity index (χ3n) is 7.11. The number of anilines is 1. The van der Waals surface area contributed by atoms with Gasteiger partial charge < -0.3 is 36.1 Å². The number of aromatic nitrogens is 3. The summed E-state index contributed by atoms with van der Waals surface area (Å²) in [7, 11) is 1.66. The van der Waals surface area contributed by atoms with E-state index in [1.54, 1.807) is 7.11 Å². The van der Waals surface area contributed by atoms with Gasteiger partial charge in [0.15, 0.2) is 12.5 Å². The lowest BCUT2D eigenvalue weighted by Gasteiger charge is -2.12. The number of ether oxygens (including phenoxy) is 2. The van der Waals surface area contributed by atoms with E-state index in [0.717, 1.165) is 33.4 Å². The summed E-state index contributed by atoms with van der Waals surface area (Å²) < 4.78 is 12.5. The second-order valence-electron chi connectivity index (χ2n) is 9.96. The van der Waals surface area contributed by atoms with Gasteiger partial charge in [0.05, 0.1) is 17.6 Å². The molecule has 4 rings (SSSR count). The van der Waals surface area contributed by atoms with Crippen LogP contribution in [0.5, 0.6) is 0 Å². The van der Waals surface area contributed by atoms with Gasteiger partial charge in [0.1, 0.15) is 11.3 Å². The lowest BCUT2D eigenvalue weighted by molar-refractivity contribution is -0.124. The number of nitrogens with one attached hydrogen (secondary N) is 2. The summed E-state index contributed by atoms with van der Waals surface area (Å²) in [5, 5.41) is 6.15. The molecule has 12 nitrogen and oxygen atoms in total. The number of imidazole rings is 1. The molecule has 0 bridgehead atoms. The lowest BCUT2D eigenvalue weighted by atomic mass is 10.00. The number of alkyl carbamates (subject to hydrolysis) is 1. The van der Waals surface area contributed by atoms with Crippen molar-refractivity contribution in [1.82, 2.24) is 25.2 Å². The standard InChI is InChI=1S/C30H37N7O5/c1-3-21(29(32)39)12-13-25(38)34-18-42-30(40)33-16-19-8-10-20(11-9-19)17-37-24(14-15-41-2)36-26-27(37)22-6-4-5-7-23(22)35-28(26)31/h4-11,21H,3,12-18H2,1-2H3,(H2,31,35)(H2,32,39)(H,33,40)(H,34,38). The van der Waals surface area contributed by atoms with Crippen molar-refractivity contribution in [3.05, 3.63) is 65.5 Å². The zero-order valence-corrected chi connectivity index (χ0v) is 23.9. The Morgan fingerprint density at radius 1 is 1.02 bits per heavy atom. The van der Waals surface area contributed by atoms with Gasteiger partial charge in [0.25, 0.3) is 0 Å². The molecule has 1 unspecified atom stereocenters. The van der Waals surface area contributed by atoms with Gasteiger partial charge in [0.2, 0.25) is 11.8 Å². The van der Waals surface area contributed by atoms with E-state index < -0.39 is 12.0 Å². The van der Waals surface area contributed by atoms with Crippen molar-refractivity contribution >= 4 is 45.7 Å². The topological polar surface area (TPSA) is 176 Å². The summed E-state index contributed by atoms with van der Waals surface area (Å²) in [6, 6.07) is 15.7. The maximum Gasteiger partial charge on any atom is 0.409 e. The second kappa shape index (κ2) is 14.3. The molecule has 0 radical (unpaired) electrons. The molecule has 2 aromatic heterocycles. The Balaban J connectivity index is 1.34. The summed E-state index contributed by atoms with van der Waals surface area (Å²) in [6.07, 6.45) is 1.02. The Labute approximate surface area is 243 Å². The van der Waals surface area contributed by atoms with Gasteiger partial charge in [0, 0.05) is 44.3 Å². The van der Waals surface area contributed by atoms with Crippen molar-refractivity contribution in [2.45, 2.75) is 45.7 Å². The first-order valence-electron chi connectivity index (χ1n) is 13.9. The maximum atomic E-state index is 12.1. The van der Waals surface area contributed by atoms with E-state index in [1.807, 2.05) is 55.5 Å². The van der Waals surface area contributed by atoms with E-state index in [2.05, 4.69) is 20.2 Å². The molecule has 0 saturated heterocycles. The SMILES string of the molecule is CCC(CCC(=O)NCOC(=O)NCc1ccc(Cn2c(CCOC)nc3c(N)nc4ccccc4c32)cc1)C(N)=O. The molecule has 222 valence electrons. The molecule has 0 fully saturated rings. The van der Waals surface area contributed by atoms with Gasteiger partial charge in [-0.15, -0.1) is 0 Å². The average Bonchev–Trinajstić information content (AvgIpc) is 3.34. The molecule has 1 atom stereocenters. The van der Waals surface area contributed by atoms with Crippen LogP contribution >= 0.6 is 0 Å². The highest BCUT2D eigenvalue weighted by molar-refractivity contribution is 6.06. The minimum absolute atomic E-state index is 0.127. The second-order valence-corrected chi connectivity index (χ2v) is 9.96. The molecular formula is C30H37N7O5. The van der Waals surface area contributed by atoms with Gasteiger partial charge in [-0.1, -0.05) is 49.4 Å². The molecular weight excluding hydrogens is 538 g/mol. The number of benzene rings is 2. The largest absolute Gasteiger partial charge is 0.428 e. The minimum Gasteiger partial charge on any atom is -0.428 e. The summed E-state index contributed by atoms with van der Waals surface area (Å²) in [5.74, 6) is 0.158. The zero-order chi connectivity index (χ0) is 30.1. The molecule has 2 aromatic carbocycles. The molecule has 6 N–H and O–H groups in total. The quantitative estimate of drug-likeness (QED) is 0.166. The molecule has 12 heteroatoms. The predicted molar refractivity (Wildman–Crippen MR) is 159 cm³/mol. The Kier molecular flexibility index (Phi) is 10.3. The fourth-order valence-corrected chi connectivity index (χ4v) is 4.75. The van der Waals surface area contributed by atoms with Crippen LogP contribution in [0, 0.1) is 5.92 Å². The number of fused-ring (bicyclic) bond motifs is 3. The monoisotopic (exact) mass is 575 g/mol. The summed E-state index contributed by atoms with van der Waals surface area (Å²) in [5.41, 5.74) is 15.9. The first-order valence-corrected chi connectivity index (χ1v) is 13.9. The molecule has 2 heterocycles. The van der Waals surface area contributed by atoms with Crippen LogP contribution in [0.15, 0.2) is 48.5 Å². The number of nitrogens with zero attached hydrogens (tertiary/aromatic N) is 3. The Hall–Kier alpha value is -4.71. The summed E-state index contributed by atoms with van der Waals surface area (Å²) in [6.45, 7) is 2.91. The Morgan fingerprint density at radius 2 is 1.76 bits per heavy atom. The van der Waals surface area contributed by atoms with Crippen LogP contribution in [-0.4, -0.2) is 52.9 Å². The number of methoxy groups -OCH3 is 1. The predicted octanol–water partition coefficient (Wildman–Crippen LogP) is 3.00. The number of para-hydroxylation sites is 1. The number of primary amides is 1. The van der Waals surface area contributed by atoms with Crippen molar-refractivity contribution in [3.8, 4) is 0 Å². The van der Waals surface area contributed by atoms with E-state index in [9.17, 15) is 14.4 Å². The Morgan fingerprint density at radius 3 is 2.48 bits per heavy atom. The number of rotatable bonds is 14. The molecule has 0 aliphatic carbocycles. The van der Waals surface area contributed by atoms with E-state index in [0.29, 0.717) is 43.7 Å². The van der Waals surface area contributed by atoms with Gasteiger partial charge in [-0.05, 0) is 30.0 Å². The highest BCUT2D eigenvalue weighted by Gasteiger charge is 2.18. The summed E-state index contributed by atoms with van der Waals surface area (Å²) >= 11 is 0. The molecule has 0 aliphatic rings. The van der Waals surface area contributed by atoms with Crippen molar-refractivity contribution < 1.29 is 23.9 Å². The van der Waals surface area contributed by atoms with Crippen LogP contribution in [0.3, 0.4) is 0 Å². The van der Waals surface area contributed by atoms with Crippen LogP contribution in [0.1, 0.15) is 43.1 Å². The van der Waals surface area contributed by atoms with E-state index in [1.165, 1.54) is 0 Å². The maximum absolute atomic E-state index is 12.1. The van der Waals surface area contributed by atoms with Crippen LogP contribution in [0.25, 0.3) is 21.9 Å². The van der Waals surface area contributed by atoms with Crippen LogP contribution < -0.4 is 22.1 Å². The van der Waals surface area contributed by atoms with Gasteiger partial charge >= 0.3 is 6.09 Å². The highest BCUT2D eigenvalue weighted by atomic mass is 16.6. The van der Waals surface area contributed by atoms with E-state index >= 15 is 0 Å². The number of amides is 3. The minimum atomic E-state index is -0.659. The fraction of sp³-hybridized carbons (Fsp3) is 0.367. The lowest BCUT2D eigenvalue weighted by Crippen LogP contribution is -2.32. The van der Waals surface area contributed by atoms with Gasteiger partial charge in [-0.3, -0.25) is 9.59 Å². The Bertz CT molecular complexity index is 1550. The van der Waals surface area contributed by atoms with E-state index in [-0.39, 0.29) is 31.5 Å². The molecule has 0 saturated carbocycles. The summed E-state index contributed by atoms with van der Waals surface area (Å²) in [4.78, 5) is 44.6. The smallest absolute Gasteiger partial charge is 0.409 e. The third-order valence-corrected chi connectivity index (χ3v) is 7.11. The zero-order valence-electron chi connectivity index (χ0n) is 23.9. The van der Waals surface area contributed by atoms with Crippen molar-refractivity contribution in [1.29, 1.82) is 0 Å². The number of nitrogens with two attached hydrogens (primary N) is 2. The van der Waals surface area contributed by atoms with Crippen molar-refractivity contribution in [2.24, 2.45) is 11.7 Å². The number of hydrogen-bond acceptors (Lipinski definition) is 8. The number of pyridine rings is 1.